The summed E-state index contributed by atoms with van der Waals surface area (Å²) in [6.45, 7) is 2.01. The Kier molecular flexibility index (Phi) is 3.17. The van der Waals surface area contributed by atoms with Crippen LogP contribution in [0, 0.1) is 0 Å². The van der Waals surface area contributed by atoms with Gasteiger partial charge in [-0.05, 0) is 24.4 Å². The second kappa shape index (κ2) is 4.59. The van der Waals surface area contributed by atoms with Crippen LogP contribution in [0.15, 0.2) is 4.52 Å². The number of piperidine rings is 1. The Labute approximate surface area is 88.1 Å². The van der Waals surface area contributed by atoms with Crippen molar-refractivity contribution in [3.05, 3.63) is 5.89 Å². The quantitative estimate of drug-likeness (QED) is 0.736. The molecule has 1 aromatic rings. The van der Waals surface area contributed by atoms with Crippen LogP contribution in [0.25, 0.3) is 0 Å². The Morgan fingerprint density at radius 1 is 1.40 bits per heavy atom. The van der Waals surface area contributed by atoms with Crippen molar-refractivity contribution in [2.45, 2.75) is 25.4 Å². The van der Waals surface area contributed by atoms with Crippen LogP contribution in [0.5, 0.6) is 0 Å². The van der Waals surface area contributed by atoms with E-state index in [9.17, 15) is 5.11 Å². The van der Waals surface area contributed by atoms with Gasteiger partial charge >= 0.3 is 0 Å². The summed E-state index contributed by atoms with van der Waals surface area (Å²) < 4.78 is 4.94. The number of aromatic nitrogens is 2. The van der Waals surface area contributed by atoms with E-state index in [0.29, 0.717) is 5.95 Å². The Balaban J connectivity index is 2.05. The van der Waals surface area contributed by atoms with Crippen molar-refractivity contribution < 1.29 is 9.63 Å². The zero-order valence-corrected chi connectivity index (χ0v) is 8.59. The minimum atomic E-state index is -0.851. The van der Waals surface area contributed by atoms with Gasteiger partial charge in [-0.15, -0.1) is 0 Å². The van der Waals surface area contributed by atoms with Crippen molar-refractivity contribution in [1.82, 2.24) is 10.1 Å². The molecule has 0 radical (unpaired) electrons. The van der Waals surface area contributed by atoms with Crippen LogP contribution in [0.1, 0.15) is 31.3 Å². The summed E-state index contributed by atoms with van der Waals surface area (Å²) in [6.07, 6.45) is 2.72. The maximum Gasteiger partial charge on any atom is 0.266 e. The van der Waals surface area contributed by atoms with Crippen molar-refractivity contribution >= 4 is 5.95 Å². The zero-order valence-electron chi connectivity index (χ0n) is 8.59. The monoisotopic (exact) mass is 212 g/mol. The molecule has 1 aliphatic heterocycles. The highest BCUT2D eigenvalue weighted by Crippen LogP contribution is 2.18. The standard InChI is InChI=1S/C9H16N4O2/c10-6-7(14)8-11-9(12-15-8)13-4-2-1-3-5-13/h7,14H,1-6,10H2. The summed E-state index contributed by atoms with van der Waals surface area (Å²) >= 11 is 0. The van der Waals surface area contributed by atoms with E-state index in [1.165, 1.54) is 6.42 Å². The SMILES string of the molecule is NCC(O)c1nc(N2CCCCC2)no1. The molecule has 3 N–H and O–H groups in total. The van der Waals surface area contributed by atoms with Gasteiger partial charge < -0.3 is 20.3 Å². The first-order chi connectivity index (χ1) is 7.31. The molecule has 1 aliphatic rings. The summed E-state index contributed by atoms with van der Waals surface area (Å²) in [7, 11) is 0. The number of hydrogen-bond donors (Lipinski definition) is 2. The second-order valence-corrected chi connectivity index (χ2v) is 3.73. The maximum atomic E-state index is 9.40. The van der Waals surface area contributed by atoms with Gasteiger partial charge in [0.05, 0.1) is 0 Å². The predicted molar refractivity (Wildman–Crippen MR) is 54.4 cm³/mol. The van der Waals surface area contributed by atoms with Crippen LogP contribution in [-0.2, 0) is 0 Å². The summed E-state index contributed by atoms with van der Waals surface area (Å²) in [5, 5.41) is 13.2. The Bertz CT molecular complexity index is 309. The second-order valence-electron chi connectivity index (χ2n) is 3.73. The fourth-order valence-corrected chi connectivity index (χ4v) is 1.69. The Hall–Kier alpha value is -1.14. The molecule has 1 aromatic heterocycles. The molecular formula is C9H16N4O2. The lowest BCUT2D eigenvalue weighted by atomic mass is 10.1. The van der Waals surface area contributed by atoms with Crippen molar-refractivity contribution in [2.24, 2.45) is 5.73 Å². The van der Waals surface area contributed by atoms with Crippen molar-refractivity contribution in [2.75, 3.05) is 24.5 Å². The van der Waals surface area contributed by atoms with Crippen molar-refractivity contribution in [3.63, 3.8) is 0 Å². The molecule has 0 bridgehead atoms. The van der Waals surface area contributed by atoms with Crippen LogP contribution in [-0.4, -0.2) is 34.9 Å². The molecule has 0 saturated carbocycles. The average molecular weight is 212 g/mol. The van der Waals surface area contributed by atoms with E-state index in [-0.39, 0.29) is 12.4 Å². The van der Waals surface area contributed by atoms with Gasteiger partial charge in [-0.3, -0.25) is 0 Å². The van der Waals surface area contributed by atoms with Crippen LogP contribution in [0.4, 0.5) is 5.95 Å². The molecular weight excluding hydrogens is 196 g/mol. The fourth-order valence-electron chi connectivity index (χ4n) is 1.69. The fraction of sp³-hybridized carbons (Fsp3) is 0.778. The first-order valence-corrected chi connectivity index (χ1v) is 5.28. The van der Waals surface area contributed by atoms with Crippen LogP contribution >= 0.6 is 0 Å². The number of nitrogens with zero attached hydrogens (tertiary/aromatic N) is 3. The molecule has 0 aliphatic carbocycles. The molecule has 6 heteroatoms. The molecule has 0 amide bonds. The first kappa shape index (κ1) is 10.4. The molecule has 2 rings (SSSR count). The summed E-state index contributed by atoms with van der Waals surface area (Å²) in [4.78, 5) is 6.19. The summed E-state index contributed by atoms with van der Waals surface area (Å²) in [5.74, 6) is 0.773. The largest absolute Gasteiger partial charge is 0.382 e. The lowest BCUT2D eigenvalue weighted by Crippen LogP contribution is -2.30. The summed E-state index contributed by atoms with van der Waals surface area (Å²) in [5.41, 5.74) is 5.30. The molecule has 6 nitrogen and oxygen atoms in total. The third kappa shape index (κ3) is 2.27. The predicted octanol–water partition coefficient (Wildman–Crippen LogP) is 0.0520. The number of nitrogens with two attached hydrogens (primary N) is 1. The van der Waals surface area contributed by atoms with Gasteiger partial charge in [-0.1, -0.05) is 0 Å². The van der Waals surface area contributed by atoms with Gasteiger partial charge in [0.25, 0.3) is 11.8 Å². The number of aliphatic hydroxyl groups is 1. The number of rotatable bonds is 3. The molecule has 84 valence electrons. The highest BCUT2D eigenvalue weighted by Gasteiger charge is 2.19. The molecule has 1 atom stereocenters. The highest BCUT2D eigenvalue weighted by molar-refractivity contribution is 5.28. The van der Waals surface area contributed by atoms with Gasteiger partial charge in [0.15, 0.2) is 0 Å². The molecule has 1 fully saturated rings. The minimum Gasteiger partial charge on any atom is -0.382 e. The lowest BCUT2D eigenvalue weighted by molar-refractivity contribution is 0.141. The third-order valence-corrected chi connectivity index (χ3v) is 2.58. The van der Waals surface area contributed by atoms with E-state index in [4.69, 9.17) is 10.3 Å². The highest BCUT2D eigenvalue weighted by atomic mass is 16.5. The van der Waals surface area contributed by atoms with Crippen LogP contribution in [0.2, 0.25) is 0 Å². The molecule has 1 saturated heterocycles. The molecule has 2 heterocycles. The van der Waals surface area contributed by atoms with Gasteiger partial charge in [0.1, 0.15) is 6.10 Å². The molecule has 1 unspecified atom stereocenters. The van der Waals surface area contributed by atoms with Crippen LogP contribution in [0.3, 0.4) is 0 Å². The number of aliphatic hydroxyl groups excluding tert-OH is 1. The lowest BCUT2D eigenvalue weighted by Gasteiger charge is -2.24. The van der Waals surface area contributed by atoms with E-state index in [2.05, 4.69) is 15.0 Å². The van der Waals surface area contributed by atoms with E-state index < -0.39 is 6.10 Å². The number of hydrogen-bond acceptors (Lipinski definition) is 6. The summed E-state index contributed by atoms with van der Waals surface area (Å²) in [6, 6.07) is 0. The first-order valence-electron chi connectivity index (χ1n) is 5.28. The third-order valence-electron chi connectivity index (χ3n) is 2.58. The molecule has 15 heavy (non-hydrogen) atoms. The van der Waals surface area contributed by atoms with E-state index >= 15 is 0 Å². The normalized spacial score (nSPS) is 19.2. The van der Waals surface area contributed by atoms with E-state index in [0.717, 1.165) is 25.9 Å². The zero-order chi connectivity index (χ0) is 10.7. The maximum absolute atomic E-state index is 9.40. The van der Waals surface area contributed by atoms with Crippen molar-refractivity contribution in [1.29, 1.82) is 0 Å². The topological polar surface area (TPSA) is 88.4 Å². The van der Waals surface area contributed by atoms with Crippen molar-refractivity contribution in [3.8, 4) is 0 Å². The Morgan fingerprint density at radius 3 is 2.80 bits per heavy atom. The Morgan fingerprint density at radius 2 is 2.13 bits per heavy atom. The van der Waals surface area contributed by atoms with E-state index in [1.807, 2.05) is 0 Å². The average Bonchev–Trinajstić information content (AvgIpc) is 2.78. The van der Waals surface area contributed by atoms with Gasteiger partial charge in [0, 0.05) is 19.6 Å². The minimum absolute atomic E-state index is 0.0988. The van der Waals surface area contributed by atoms with Gasteiger partial charge in [-0.25, -0.2) is 0 Å². The van der Waals surface area contributed by atoms with Gasteiger partial charge in [0.2, 0.25) is 0 Å². The van der Waals surface area contributed by atoms with Crippen LogP contribution < -0.4 is 10.6 Å². The molecule has 0 spiro atoms. The molecule has 0 aromatic carbocycles. The van der Waals surface area contributed by atoms with Gasteiger partial charge in [-0.2, -0.15) is 4.98 Å². The van der Waals surface area contributed by atoms with E-state index in [1.54, 1.807) is 0 Å². The number of anilines is 1. The smallest absolute Gasteiger partial charge is 0.266 e.